The fourth-order valence-electron chi connectivity index (χ4n) is 2.31. The van der Waals surface area contributed by atoms with E-state index in [2.05, 4.69) is 24.3 Å². The third kappa shape index (κ3) is 1.88. The van der Waals surface area contributed by atoms with Gasteiger partial charge in [-0.3, -0.25) is 4.79 Å². The first-order valence-electron chi connectivity index (χ1n) is 6.34. The van der Waals surface area contributed by atoms with Crippen LogP contribution in [0.2, 0.25) is 0 Å². The van der Waals surface area contributed by atoms with Gasteiger partial charge >= 0.3 is 0 Å². The Morgan fingerprint density at radius 2 is 2.28 bits per heavy atom. The Labute approximate surface area is 105 Å². The number of fused-ring (bicyclic) bond motifs is 2. The van der Waals surface area contributed by atoms with E-state index in [1.165, 1.54) is 0 Å². The van der Waals surface area contributed by atoms with Crippen LogP contribution in [0.4, 0.5) is 5.69 Å². The van der Waals surface area contributed by atoms with Crippen LogP contribution in [0.3, 0.4) is 0 Å². The van der Waals surface area contributed by atoms with Crippen molar-refractivity contribution in [3.05, 3.63) is 23.4 Å². The van der Waals surface area contributed by atoms with Crippen LogP contribution in [0, 0.1) is 5.92 Å². The maximum atomic E-state index is 11.3. The zero-order chi connectivity index (χ0) is 12.7. The van der Waals surface area contributed by atoms with Gasteiger partial charge in [0.25, 0.3) is 0 Å². The van der Waals surface area contributed by atoms with E-state index in [-0.39, 0.29) is 5.91 Å². The second-order valence-electron chi connectivity index (χ2n) is 5.29. The van der Waals surface area contributed by atoms with E-state index in [1.54, 1.807) is 0 Å². The molecule has 4 heteroatoms. The van der Waals surface area contributed by atoms with Gasteiger partial charge in [-0.15, -0.1) is 0 Å². The van der Waals surface area contributed by atoms with Gasteiger partial charge in [-0.2, -0.15) is 0 Å². The van der Waals surface area contributed by atoms with Gasteiger partial charge in [0.15, 0.2) is 5.58 Å². The van der Waals surface area contributed by atoms with Crippen molar-refractivity contribution in [3.8, 4) is 0 Å². The average molecular weight is 244 g/mol. The lowest BCUT2D eigenvalue weighted by atomic mass is 10.0. The molecular weight excluding hydrogens is 228 g/mol. The number of amides is 1. The zero-order valence-electron chi connectivity index (χ0n) is 10.6. The molecule has 1 aromatic heterocycles. The molecule has 3 rings (SSSR count). The van der Waals surface area contributed by atoms with E-state index < -0.39 is 0 Å². The Balaban J connectivity index is 1.98. The number of carbonyl (C=O) groups is 1. The van der Waals surface area contributed by atoms with Crippen LogP contribution in [0.25, 0.3) is 11.0 Å². The first-order valence-corrected chi connectivity index (χ1v) is 6.34. The Kier molecular flexibility index (Phi) is 2.58. The van der Waals surface area contributed by atoms with E-state index in [1.807, 2.05) is 12.1 Å². The molecular formula is C14H16N2O2. The summed E-state index contributed by atoms with van der Waals surface area (Å²) in [6.45, 7) is 4.39. The molecule has 0 bridgehead atoms. The van der Waals surface area contributed by atoms with Crippen molar-refractivity contribution in [1.82, 2.24) is 5.16 Å². The lowest BCUT2D eigenvalue weighted by Crippen LogP contribution is -2.03. The first kappa shape index (κ1) is 11.3. The Bertz CT molecular complexity index is 614. The van der Waals surface area contributed by atoms with Crippen molar-refractivity contribution in [1.29, 1.82) is 0 Å². The fourth-order valence-corrected chi connectivity index (χ4v) is 2.31. The molecule has 0 fully saturated rings. The predicted molar refractivity (Wildman–Crippen MR) is 69.5 cm³/mol. The molecule has 1 amide bonds. The third-order valence-corrected chi connectivity index (χ3v) is 3.35. The number of benzene rings is 1. The Morgan fingerprint density at radius 3 is 3.06 bits per heavy atom. The summed E-state index contributed by atoms with van der Waals surface area (Å²) in [6.07, 6.45) is 2.47. The highest BCUT2D eigenvalue weighted by Gasteiger charge is 2.20. The zero-order valence-corrected chi connectivity index (χ0v) is 10.6. The number of nitrogens with one attached hydrogen (secondary N) is 1. The summed E-state index contributed by atoms with van der Waals surface area (Å²) in [5.41, 5.74) is 3.66. The molecule has 94 valence electrons. The van der Waals surface area contributed by atoms with Crippen LogP contribution < -0.4 is 5.32 Å². The Morgan fingerprint density at radius 1 is 1.44 bits per heavy atom. The van der Waals surface area contributed by atoms with Gasteiger partial charge in [-0.1, -0.05) is 19.0 Å². The highest BCUT2D eigenvalue weighted by molar-refractivity contribution is 6.02. The van der Waals surface area contributed by atoms with Crippen molar-refractivity contribution in [3.63, 3.8) is 0 Å². The minimum absolute atomic E-state index is 0.0503. The molecule has 2 aromatic rings. The summed E-state index contributed by atoms with van der Waals surface area (Å²) in [6, 6.07) is 3.91. The minimum Gasteiger partial charge on any atom is -0.356 e. The fraction of sp³-hybridized carbons (Fsp3) is 0.429. The first-order chi connectivity index (χ1) is 8.63. The van der Waals surface area contributed by atoms with Gasteiger partial charge in [0.2, 0.25) is 5.91 Å². The number of rotatable bonds is 3. The normalized spacial score (nSPS) is 14.3. The van der Waals surface area contributed by atoms with Crippen molar-refractivity contribution >= 4 is 22.6 Å². The second-order valence-corrected chi connectivity index (χ2v) is 5.29. The quantitative estimate of drug-likeness (QED) is 0.903. The number of nitrogens with zero attached hydrogens (tertiary/aromatic N) is 1. The number of hydrogen-bond acceptors (Lipinski definition) is 3. The largest absolute Gasteiger partial charge is 0.356 e. The molecule has 1 N–H and O–H groups in total. The summed E-state index contributed by atoms with van der Waals surface area (Å²) < 4.78 is 5.34. The van der Waals surface area contributed by atoms with Gasteiger partial charge in [-0.05, 0) is 30.4 Å². The van der Waals surface area contributed by atoms with E-state index in [0.29, 0.717) is 12.3 Å². The van der Waals surface area contributed by atoms with Crippen molar-refractivity contribution in [2.45, 2.75) is 33.1 Å². The molecule has 1 aliphatic rings. The van der Waals surface area contributed by atoms with E-state index >= 15 is 0 Å². The molecule has 0 saturated heterocycles. The summed E-state index contributed by atoms with van der Waals surface area (Å²) >= 11 is 0. The van der Waals surface area contributed by atoms with Crippen LogP contribution in [-0.2, 0) is 17.6 Å². The van der Waals surface area contributed by atoms with Gasteiger partial charge < -0.3 is 9.84 Å². The molecule has 18 heavy (non-hydrogen) atoms. The molecule has 2 heterocycles. The average Bonchev–Trinajstić information content (AvgIpc) is 2.84. The van der Waals surface area contributed by atoms with Crippen LogP contribution in [0.5, 0.6) is 0 Å². The van der Waals surface area contributed by atoms with Gasteiger partial charge in [0.1, 0.15) is 0 Å². The van der Waals surface area contributed by atoms with E-state index in [9.17, 15) is 4.79 Å². The number of hydrogen-bond donors (Lipinski definition) is 1. The monoisotopic (exact) mass is 244 g/mol. The second kappa shape index (κ2) is 4.12. The topological polar surface area (TPSA) is 55.1 Å². The van der Waals surface area contributed by atoms with Crippen LogP contribution in [0.15, 0.2) is 16.7 Å². The number of carbonyl (C=O) groups excluding carboxylic acids is 1. The number of anilines is 1. The van der Waals surface area contributed by atoms with E-state index in [4.69, 9.17) is 4.52 Å². The van der Waals surface area contributed by atoms with Gasteiger partial charge in [-0.25, -0.2) is 0 Å². The van der Waals surface area contributed by atoms with Crippen molar-refractivity contribution in [2.75, 3.05) is 5.32 Å². The summed E-state index contributed by atoms with van der Waals surface area (Å²) in [4.78, 5) is 11.3. The molecule has 0 saturated carbocycles. The predicted octanol–water partition coefficient (Wildman–Crippen LogP) is 2.91. The summed E-state index contributed by atoms with van der Waals surface area (Å²) in [7, 11) is 0. The molecule has 1 aliphatic heterocycles. The lowest BCUT2D eigenvalue weighted by Gasteiger charge is -2.02. The third-order valence-electron chi connectivity index (χ3n) is 3.35. The molecule has 0 aliphatic carbocycles. The van der Waals surface area contributed by atoms with Crippen molar-refractivity contribution in [2.24, 2.45) is 5.92 Å². The maximum Gasteiger partial charge on any atom is 0.228 e. The van der Waals surface area contributed by atoms with Crippen molar-refractivity contribution < 1.29 is 9.32 Å². The summed E-state index contributed by atoms with van der Waals surface area (Å²) in [5.74, 6) is 0.698. The summed E-state index contributed by atoms with van der Waals surface area (Å²) in [5, 5.41) is 8.01. The number of aromatic nitrogens is 1. The minimum atomic E-state index is 0.0503. The molecule has 0 atom stereocenters. The molecule has 4 nitrogen and oxygen atoms in total. The molecule has 0 spiro atoms. The van der Waals surface area contributed by atoms with Crippen LogP contribution in [-0.4, -0.2) is 11.1 Å². The lowest BCUT2D eigenvalue weighted by molar-refractivity contribution is -0.115. The Hall–Kier alpha value is -1.84. The maximum absolute atomic E-state index is 11.3. The molecule has 1 aromatic carbocycles. The smallest absolute Gasteiger partial charge is 0.228 e. The van der Waals surface area contributed by atoms with Crippen LogP contribution >= 0.6 is 0 Å². The highest BCUT2D eigenvalue weighted by atomic mass is 16.5. The number of aryl methyl sites for hydroxylation is 1. The van der Waals surface area contributed by atoms with E-state index in [0.717, 1.165) is 40.8 Å². The van der Waals surface area contributed by atoms with Crippen LogP contribution in [0.1, 0.15) is 31.5 Å². The van der Waals surface area contributed by atoms with Gasteiger partial charge in [0, 0.05) is 17.1 Å². The SMILES string of the molecule is CC(C)CCc1noc2cc3c(cc12)CC(=O)N3. The molecule has 0 radical (unpaired) electrons. The highest BCUT2D eigenvalue weighted by Crippen LogP contribution is 2.30. The standard InChI is InChI=1S/C14H16N2O2/c1-8(2)3-4-11-10-5-9-6-14(17)15-12(9)7-13(10)18-16-11/h5,7-8H,3-4,6H2,1-2H3,(H,15,17). The molecule has 0 unspecified atom stereocenters. The van der Waals surface area contributed by atoms with Gasteiger partial charge in [0.05, 0.1) is 12.1 Å².